The van der Waals surface area contributed by atoms with Crippen LogP contribution in [0.15, 0.2) is 0 Å². The van der Waals surface area contributed by atoms with E-state index in [0.29, 0.717) is 18.9 Å². The number of carboxylic acid groups (broad SMARTS) is 1. The molecule has 5 heteroatoms. The van der Waals surface area contributed by atoms with Crippen LogP contribution in [-0.2, 0) is 14.3 Å². The molecule has 1 heterocycles. The van der Waals surface area contributed by atoms with Gasteiger partial charge < -0.3 is 19.7 Å². The van der Waals surface area contributed by atoms with Crippen molar-refractivity contribution in [3.05, 3.63) is 0 Å². The van der Waals surface area contributed by atoms with Gasteiger partial charge in [0.15, 0.2) is 0 Å². The summed E-state index contributed by atoms with van der Waals surface area (Å²) >= 11 is 0. The number of carbonyl (C=O) groups is 1. The molecule has 2 aliphatic rings. The summed E-state index contributed by atoms with van der Waals surface area (Å²) in [5.74, 6) is -0.481. The molecule has 0 radical (unpaired) electrons. The topological polar surface area (TPSA) is 76.0 Å². The molecule has 0 amide bonds. The van der Waals surface area contributed by atoms with Crippen LogP contribution < -0.4 is 0 Å². The molecule has 5 nitrogen and oxygen atoms in total. The average molecular weight is 244 g/mol. The van der Waals surface area contributed by atoms with Crippen molar-refractivity contribution in [2.24, 2.45) is 11.3 Å². The maximum absolute atomic E-state index is 11.6. The molecule has 2 fully saturated rings. The van der Waals surface area contributed by atoms with Gasteiger partial charge in [0.05, 0.1) is 24.2 Å². The molecule has 0 spiro atoms. The first-order valence-electron chi connectivity index (χ1n) is 6.12. The summed E-state index contributed by atoms with van der Waals surface area (Å²) in [6.07, 6.45) is 1.83. The molecule has 98 valence electrons. The SMILES string of the molecule is COCC(O)CC1(C(=O)O)CCOC1C1CC1. The number of aliphatic hydroxyl groups is 1. The van der Waals surface area contributed by atoms with Crippen LogP contribution in [0.1, 0.15) is 25.7 Å². The number of aliphatic carboxylic acids is 1. The Bertz CT molecular complexity index is 289. The predicted molar refractivity (Wildman–Crippen MR) is 59.6 cm³/mol. The molecule has 0 aromatic rings. The number of hydrogen-bond donors (Lipinski definition) is 2. The van der Waals surface area contributed by atoms with Crippen molar-refractivity contribution in [1.29, 1.82) is 0 Å². The Balaban J connectivity index is 2.10. The highest BCUT2D eigenvalue weighted by Crippen LogP contribution is 2.50. The van der Waals surface area contributed by atoms with Crippen LogP contribution in [0, 0.1) is 11.3 Å². The summed E-state index contributed by atoms with van der Waals surface area (Å²) in [5.41, 5.74) is -0.918. The second-order valence-corrected chi connectivity index (χ2v) is 5.15. The number of methoxy groups -OCH3 is 1. The van der Waals surface area contributed by atoms with Gasteiger partial charge in [0, 0.05) is 13.7 Å². The molecule has 1 aliphatic heterocycles. The molecule has 0 aromatic carbocycles. The maximum atomic E-state index is 11.6. The van der Waals surface area contributed by atoms with Crippen molar-refractivity contribution >= 4 is 5.97 Å². The molecule has 0 bridgehead atoms. The summed E-state index contributed by atoms with van der Waals surface area (Å²) in [4.78, 5) is 11.6. The van der Waals surface area contributed by atoms with Gasteiger partial charge in [-0.3, -0.25) is 4.79 Å². The minimum absolute atomic E-state index is 0.173. The van der Waals surface area contributed by atoms with Gasteiger partial charge in [-0.25, -0.2) is 0 Å². The van der Waals surface area contributed by atoms with Gasteiger partial charge in [-0.2, -0.15) is 0 Å². The van der Waals surface area contributed by atoms with Gasteiger partial charge in [0.2, 0.25) is 0 Å². The molecular formula is C12H20O5. The number of aliphatic hydroxyl groups excluding tert-OH is 1. The molecule has 17 heavy (non-hydrogen) atoms. The van der Waals surface area contributed by atoms with Gasteiger partial charge in [-0.15, -0.1) is 0 Å². The lowest BCUT2D eigenvalue weighted by atomic mass is 9.74. The molecule has 2 N–H and O–H groups in total. The van der Waals surface area contributed by atoms with Crippen molar-refractivity contribution in [2.75, 3.05) is 20.3 Å². The maximum Gasteiger partial charge on any atom is 0.312 e. The lowest BCUT2D eigenvalue weighted by molar-refractivity contribution is -0.156. The number of rotatable bonds is 6. The van der Waals surface area contributed by atoms with Gasteiger partial charge in [-0.05, 0) is 31.6 Å². The second-order valence-electron chi connectivity index (χ2n) is 5.15. The average Bonchev–Trinajstić information content (AvgIpc) is 3.01. The quantitative estimate of drug-likeness (QED) is 0.717. The largest absolute Gasteiger partial charge is 0.481 e. The third-order valence-corrected chi connectivity index (χ3v) is 3.83. The smallest absolute Gasteiger partial charge is 0.312 e. The highest BCUT2D eigenvalue weighted by Gasteiger charge is 2.56. The van der Waals surface area contributed by atoms with E-state index in [1.807, 2.05) is 0 Å². The third kappa shape index (κ3) is 2.46. The molecule has 3 unspecified atom stereocenters. The van der Waals surface area contributed by atoms with Gasteiger partial charge in [0.1, 0.15) is 0 Å². The third-order valence-electron chi connectivity index (χ3n) is 3.83. The second kappa shape index (κ2) is 4.92. The highest BCUT2D eigenvalue weighted by molar-refractivity contribution is 5.76. The van der Waals surface area contributed by atoms with Crippen molar-refractivity contribution in [3.63, 3.8) is 0 Å². The fraction of sp³-hybridized carbons (Fsp3) is 0.917. The van der Waals surface area contributed by atoms with E-state index >= 15 is 0 Å². The van der Waals surface area contributed by atoms with E-state index in [1.54, 1.807) is 0 Å². The van der Waals surface area contributed by atoms with E-state index in [9.17, 15) is 15.0 Å². The Labute approximate surface area is 101 Å². The first-order chi connectivity index (χ1) is 8.10. The predicted octanol–water partition coefficient (Wildman–Crippen LogP) is 0.654. The Morgan fingerprint density at radius 3 is 2.82 bits per heavy atom. The van der Waals surface area contributed by atoms with E-state index in [2.05, 4.69) is 0 Å². The van der Waals surface area contributed by atoms with Crippen LogP contribution in [0.4, 0.5) is 0 Å². The zero-order chi connectivity index (χ0) is 12.5. The lowest BCUT2D eigenvalue weighted by Crippen LogP contribution is -2.43. The Morgan fingerprint density at radius 2 is 2.29 bits per heavy atom. The van der Waals surface area contributed by atoms with E-state index in [-0.39, 0.29) is 19.1 Å². The van der Waals surface area contributed by atoms with Crippen molar-refractivity contribution in [2.45, 2.75) is 37.9 Å². The normalized spacial score (nSPS) is 34.8. The molecule has 3 atom stereocenters. The summed E-state index contributed by atoms with van der Waals surface area (Å²) < 4.78 is 10.5. The van der Waals surface area contributed by atoms with Crippen LogP contribution in [0.25, 0.3) is 0 Å². The first kappa shape index (κ1) is 12.8. The fourth-order valence-electron chi connectivity index (χ4n) is 2.86. The monoisotopic (exact) mass is 244 g/mol. The lowest BCUT2D eigenvalue weighted by Gasteiger charge is -2.31. The van der Waals surface area contributed by atoms with Crippen LogP contribution >= 0.6 is 0 Å². The molecule has 1 saturated carbocycles. The summed E-state index contributed by atoms with van der Waals surface area (Å²) in [6, 6.07) is 0. The number of hydrogen-bond acceptors (Lipinski definition) is 4. The summed E-state index contributed by atoms with van der Waals surface area (Å²) in [5, 5.41) is 19.3. The number of carboxylic acids is 1. The Morgan fingerprint density at radius 1 is 1.59 bits per heavy atom. The Kier molecular flexibility index (Phi) is 3.70. The first-order valence-corrected chi connectivity index (χ1v) is 6.12. The van der Waals surface area contributed by atoms with Crippen molar-refractivity contribution in [3.8, 4) is 0 Å². The van der Waals surface area contributed by atoms with Crippen LogP contribution in [0.2, 0.25) is 0 Å². The van der Waals surface area contributed by atoms with Gasteiger partial charge in [0.25, 0.3) is 0 Å². The zero-order valence-corrected chi connectivity index (χ0v) is 10.1. The zero-order valence-electron chi connectivity index (χ0n) is 10.1. The van der Waals surface area contributed by atoms with E-state index < -0.39 is 17.5 Å². The van der Waals surface area contributed by atoms with Gasteiger partial charge in [-0.1, -0.05) is 0 Å². The summed E-state index contributed by atoms with van der Waals surface area (Å²) in [7, 11) is 1.50. The number of ether oxygens (including phenoxy) is 2. The van der Waals surface area contributed by atoms with E-state index in [1.165, 1.54) is 7.11 Å². The van der Waals surface area contributed by atoms with Crippen LogP contribution in [-0.4, -0.2) is 48.7 Å². The minimum Gasteiger partial charge on any atom is -0.481 e. The van der Waals surface area contributed by atoms with Crippen LogP contribution in [0.3, 0.4) is 0 Å². The molecule has 2 rings (SSSR count). The van der Waals surface area contributed by atoms with Gasteiger partial charge >= 0.3 is 5.97 Å². The fourth-order valence-corrected chi connectivity index (χ4v) is 2.86. The van der Waals surface area contributed by atoms with E-state index in [0.717, 1.165) is 12.8 Å². The Hall–Kier alpha value is -0.650. The van der Waals surface area contributed by atoms with Crippen molar-refractivity contribution in [1.82, 2.24) is 0 Å². The van der Waals surface area contributed by atoms with E-state index in [4.69, 9.17) is 9.47 Å². The summed E-state index contributed by atoms with van der Waals surface area (Å²) in [6.45, 7) is 0.652. The molecule has 1 saturated heterocycles. The minimum atomic E-state index is -0.918. The standard InChI is InChI=1S/C12H20O5/c1-16-7-9(13)6-12(11(14)15)4-5-17-10(12)8-2-3-8/h8-10,13H,2-7H2,1H3,(H,14,15). The molecular weight excluding hydrogens is 224 g/mol. The highest BCUT2D eigenvalue weighted by atomic mass is 16.5. The molecule has 1 aliphatic carbocycles. The molecule has 0 aromatic heterocycles. The van der Waals surface area contributed by atoms with Crippen LogP contribution in [0.5, 0.6) is 0 Å². The van der Waals surface area contributed by atoms with Crippen molar-refractivity contribution < 1.29 is 24.5 Å².